The van der Waals surface area contributed by atoms with Crippen molar-refractivity contribution in [1.29, 1.82) is 5.26 Å². The van der Waals surface area contributed by atoms with Gasteiger partial charge in [-0.15, -0.1) is 5.10 Å². The molecule has 0 aromatic carbocycles. The number of aliphatic hydroxyl groups is 1. The molecule has 20 heavy (non-hydrogen) atoms. The summed E-state index contributed by atoms with van der Waals surface area (Å²) in [6.07, 6.45) is 4.14. The summed E-state index contributed by atoms with van der Waals surface area (Å²) in [5, 5.41) is 30.6. The van der Waals surface area contributed by atoms with Crippen molar-refractivity contribution in [2.45, 2.75) is 52.1 Å². The number of nitriles is 1. The molecule has 1 saturated carbocycles. The Labute approximate surface area is 120 Å². The Balaban J connectivity index is 2.13. The van der Waals surface area contributed by atoms with Gasteiger partial charge < -0.3 is 10.4 Å². The summed E-state index contributed by atoms with van der Waals surface area (Å²) in [4.78, 5) is 0. The van der Waals surface area contributed by atoms with Gasteiger partial charge in [0.25, 0.3) is 0 Å². The van der Waals surface area contributed by atoms with E-state index in [1.54, 1.807) is 0 Å². The first kappa shape index (κ1) is 14.7. The van der Waals surface area contributed by atoms with Crippen molar-refractivity contribution in [1.82, 2.24) is 10.2 Å². The largest absolute Gasteiger partial charge is 0.393 e. The standard InChI is InChI=1S/C15H22N4O/c1-3-12-13(8-16)15(19-18-14(12)4-2)17-9-10-5-6-11(20)7-10/h10-11,20H,3-7,9H2,1-2H3,(H,17,19). The summed E-state index contributed by atoms with van der Waals surface area (Å²) in [6.45, 7) is 4.81. The average Bonchev–Trinajstić information content (AvgIpc) is 2.89. The number of rotatable bonds is 5. The van der Waals surface area contributed by atoms with E-state index < -0.39 is 0 Å². The normalized spacial score (nSPS) is 21.7. The molecule has 5 heteroatoms. The van der Waals surface area contributed by atoms with E-state index in [2.05, 4.69) is 21.6 Å². The lowest BCUT2D eigenvalue weighted by Crippen LogP contribution is -2.16. The number of aliphatic hydroxyl groups excluding tert-OH is 1. The first-order chi connectivity index (χ1) is 9.69. The molecule has 1 heterocycles. The van der Waals surface area contributed by atoms with Crippen LogP contribution >= 0.6 is 0 Å². The maximum absolute atomic E-state index is 9.54. The molecule has 2 atom stereocenters. The molecule has 1 aliphatic rings. The Morgan fingerprint density at radius 1 is 1.30 bits per heavy atom. The van der Waals surface area contributed by atoms with E-state index >= 15 is 0 Å². The molecule has 1 fully saturated rings. The molecular formula is C15H22N4O. The van der Waals surface area contributed by atoms with Gasteiger partial charge in [0, 0.05) is 6.54 Å². The molecule has 2 rings (SSSR count). The maximum Gasteiger partial charge on any atom is 0.166 e. The Kier molecular flexibility index (Phi) is 4.91. The third kappa shape index (κ3) is 3.07. The SMILES string of the molecule is CCc1nnc(NCC2CCC(O)C2)c(C#N)c1CC. The minimum absolute atomic E-state index is 0.169. The van der Waals surface area contributed by atoms with E-state index in [4.69, 9.17) is 0 Å². The van der Waals surface area contributed by atoms with Crippen LogP contribution < -0.4 is 5.32 Å². The topological polar surface area (TPSA) is 81.8 Å². The second-order valence-electron chi connectivity index (χ2n) is 5.38. The lowest BCUT2D eigenvalue weighted by molar-refractivity contribution is 0.178. The van der Waals surface area contributed by atoms with Gasteiger partial charge in [-0.3, -0.25) is 0 Å². The van der Waals surface area contributed by atoms with Crippen molar-refractivity contribution in [3.05, 3.63) is 16.8 Å². The molecule has 0 bridgehead atoms. The highest BCUT2D eigenvalue weighted by atomic mass is 16.3. The second-order valence-corrected chi connectivity index (χ2v) is 5.38. The van der Waals surface area contributed by atoms with E-state index in [9.17, 15) is 10.4 Å². The van der Waals surface area contributed by atoms with Gasteiger partial charge in [0.1, 0.15) is 11.6 Å². The van der Waals surface area contributed by atoms with Crippen LogP contribution in [0.15, 0.2) is 0 Å². The number of anilines is 1. The summed E-state index contributed by atoms with van der Waals surface area (Å²) in [6, 6.07) is 2.26. The van der Waals surface area contributed by atoms with Crippen LogP contribution in [0.3, 0.4) is 0 Å². The summed E-state index contributed by atoms with van der Waals surface area (Å²) in [5.74, 6) is 1.04. The first-order valence-electron chi connectivity index (χ1n) is 7.40. The molecule has 0 radical (unpaired) electrons. The van der Waals surface area contributed by atoms with Crippen LogP contribution in [0.4, 0.5) is 5.82 Å². The highest BCUT2D eigenvalue weighted by Gasteiger charge is 2.23. The van der Waals surface area contributed by atoms with Crippen molar-refractivity contribution in [2.75, 3.05) is 11.9 Å². The lowest BCUT2D eigenvalue weighted by Gasteiger charge is -2.14. The van der Waals surface area contributed by atoms with Crippen molar-refractivity contribution < 1.29 is 5.11 Å². The molecule has 0 spiro atoms. The van der Waals surface area contributed by atoms with E-state index in [-0.39, 0.29) is 6.10 Å². The Bertz CT molecular complexity index is 509. The number of hydrogen-bond acceptors (Lipinski definition) is 5. The highest BCUT2D eigenvalue weighted by molar-refractivity contribution is 5.56. The molecule has 0 amide bonds. The molecule has 5 nitrogen and oxygen atoms in total. The number of aromatic nitrogens is 2. The fourth-order valence-electron chi connectivity index (χ4n) is 2.89. The van der Waals surface area contributed by atoms with Gasteiger partial charge in [0.2, 0.25) is 0 Å². The van der Waals surface area contributed by atoms with Crippen molar-refractivity contribution >= 4 is 5.82 Å². The van der Waals surface area contributed by atoms with Gasteiger partial charge in [0.15, 0.2) is 5.82 Å². The Morgan fingerprint density at radius 2 is 2.10 bits per heavy atom. The second kappa shape index (κ2) is 6.67. The van der Waals surface area contributed by atoms with Gasteiger partial charge in [-0.1, -0.05) is 13.8 Å². The van der Waals surface area contributed by atoms with E-state index in [0.717, 1.165) is 49.9 Å². The fraction of sp³-hybridized carbons (Fsp3) is 0.667. The number of nitrogens with one attached hydrogen (secondary N) is 1. The third-order valence-corrected chi connectivity index (χ3v) is 4.03. The van der Waals surface area contributed by atoms with E-state index in [1.165, 1.54) is 0 Å². The predicted molar refractivity (Wildman–Crippen MR) is 77.3 cm³/mol. The molecule has 2 N–H and O–H groups in total. The molecule has 0 aliphatic heterocycles. The Hall–Kier alpha value is -1.67. The average molecular weight is 274 g/mol. The minimum atomic E-state index is -0.169. The fourth-order valence-corrected chi connectivity index (χ4v) is 2.89. The molecule has 1 aliphatic carbocycles. The zero-order valence-electron chi connectivity index (χ0n) is 12.2. The number of hydrogen-bond donors (Lipinski definition) is 2. The molecule has 1 aromatic heterocycles. The van der Waals surface area contributed by atoms with Crippen LogP contribution in [-0.4, -0.2) is 28.0 Å². The van der Waals surface area contributed by atoms with Gasteiger partial charge >= 0.3 is 0 Å². The van der Waals surface area contributed by atoms with Gasteiger partial charge in [-0.2, -0.15) is 10.4 Å². The molecule has 1 aromatic rings. The smallest absolute Gasteiger partial charge is 0.166 e. The zero-order chi connectivity index (χ0) is 14.5. The van der Waals surface area contributed by atoms with Crippen LogP contribution in [-0.2, 0) is 12.8 Å². The summed E-state index contributed by atoms with van der Waals surface area (Å²) < 4.78 is 0. The summed E-state index contributed by atoms with van der Waals surface area (Å²) in [7, 11) is 0. The molecule has 108 valence electrons. The van der Waals surface area contributed by atoms with Crippen LogP contribution in [0, 0.1) is 17.2 Å². The number of aryl methyl sites for hydroxylation is 1. The van der Waals surface area contributed by atoms with Crippen molar-refractivity contribution in [2.24, 2.45) is 5.92 Å². The number of nitrogens with zero attached hydrogens (tertiary/aromatic N) is 3. The monoisotopic (exact) mass is 274 g/mol. The maximum atomic E-state index is 9.54. The van der Waals surface area contributed by atoms with Crippen LogP contribution in [0.25, 0.3) is 0 Å². The lowest BCUT2D eigenvalue weighted by atomic mass is 10.0. The van der Waals surface area contributed by atoms with Crippen molar-refractivity contribution in [3.8, 4) is 6.07 Å². The van der Waals surface area contributed by atoms with Crippen LogP contribution in [0.2, 0.25) is 0 Å². The first-order valence-corrected chi connectivity index (χ1v) is 7.40. The predicted octanol–water partition coefficient (Wildman–Crippen LogP) is 2.05. The third-order valence-electron chi connectivity index (χ3n) is 4.03. The van der Waals surface area contributed by atoms with Crippen LogP contribution in [0.1, 0.15) is 49.9 Å². The molecular weight excluding hydrogens is 252 g/mol. The van der Waals surface area contributed by atoms with E-state index in [1.807, 2.05) is 13.8 Å². The zero-order valence-corrected chi connectivity index (χ0v) is 12.2. The summed E-state index contributed by atoms with van der Waals surface area (Å²) >= 11 is 0. The molecule has 0 saturated heterocycles. The van der Waals surface area contributed by atoms with E-state index in [0.29, 0.717) is 17.3 Å². The minimum Gasteiger partial charge on any atom is -0.393 e. The highest BCUT2D eigenvalue weighted by Crippen LogP contribution is 2.26. The quantitative estimate of drug-likeness (QED) is 0.858. The molecule has 2 unspecified atom stereocenters. The van der Waals surface area contributed by atoms with Gasteiger partial charge in [-0.05, 0) is 43.6 Å². The Morgan fingerprint density at radius 3 is 2.65 bits per heavy atom. The summed E-state index contributed by atoms with van der Waals surface area (Å²) in [5.41, 5.74) is 2.53. The van der Waals surface area contributed by atoms with Crippen molar-refractivity contribution in [3.63, 3.8) is 0 Å². The van der Waals surface area contributed by atoms with Gasteiger partial charge in [0.05, 0.1) is 11.8 Å². The van der Waals surface area contributed by atoms with Crippen LogP contribution in [0.5, 0.6) is 0 Å². The van der Waals surface area contributed by atoms with Gasteiger partial charge in [-0.25, -0.2) is 0 Å².